The van der Waals surface area contributed by atoms with E-state index in [2.05, 4.69) is 10.1 Å². The van der Waals surface area contributed by atoms with Gasteiger partial charge in [0.05, 0.1) is 4.92 Å². The van der Waals surface area contributed by atoms with Crippen molar-refractivity contribution in [2.45, 2.75) is 4.90 Å². The average molecular weight is 312 g/mol. The minimum atomic E-state index is -3.67. The first-order valence-electron chi connectivity index (χ1n) is 5.34. The normalized spacial score (nSPS) is 11.3. The molecule has 2 aromatic heterocycles. The highest BCUT2D eigenvalue weighted by Gasteiger charge is 2.27. The number of hydrogen-bond donors (Lipinski definition) is 1. The van der Waals surface area contributed by atoms with Crippen LogP contribution in [0.4, 0.5) is 5.69 Å². The molecule has 0 aliphatic heterocycles. The summed E-state index contributed by atoms with van der Waals surface area (Å²) >= 11 is 0. The van der Waals surface area contributed by atoms with Crippen molar-refractivity contribution in [1.82, 2.24) is 14.8 Å². The van der Waals surface area contributed by atoms with E-state index in [4.69, 9.17) is 5.11 Å². The van der Waals surface area contributed by atoms with Crippen LogP contribution in [0.3, 0.4) is 0 Å². The van der Waals surface area contributed by atoms with Gasteiger partial charge in [0.15, 0.2) is 15.7 Å². The smallest absolute Gasteiger partial charge is 0.363 e. The monoisotopic (exact) mass is 312 g/mol. The molecule has 2 aromatic rings. The van der Waals surface area contributed by atoms with Crippen LogP contribution in [0.2, 0.25) is 0 Å². The summed E-state index contributed by atoms with van der Waals surface area (Å²) in [6, 6.07) is 2.61. The molecule has 0 atom stereocenters. The second-order valence-corrected chi connectivity index (χ2v) is 5.95. The van der Waals surface area contributed by atoms with Crippen LogP contribution < -0.4 is 0 Å². The highest BCUT2D eigenvalue weighted by atomic mass is 32.2. The van der Waals surface area contributed by atoms with Crippen LogP contribution in [-0.2, 0) is 9.84 Å². The molecule has 0 amide bonds. The fourth-order valence-corrected chi connectivity index (χ4v) is 2.41. The number of carboxylic acids is 1. The van der Waals surface area contributed by atoms with Crippen molar-refractivity contribution in [3.63, 3.8) is 0 Å². The Balaban J connectivity index is 2.72. The van der Waals surface area contributed by atoms with Crippen molar-refractivity contribution >= 4 is 21.5 Å². The number of nitro groups is 1. The van der Waals surface area contributed by atoms with Gasteiger partial charge in [0.2, 0.25) is 5.69 Å². The maximum absolute atomic E-state index is 11.7. The lowest BCUT2D eigenvalue weighted by molar-refractivity contribution is -0.385. The van der Waals surface area contributed by atoms with Crippen molar-refractivity contribution in [3.8, 4) is 5.82 Å². The van der Waals surface area contributed by atoms with E-state index in [1.807, 2.05) is 0 Å². The van der Waals surface area contributed by atoms with Crippen LogP contribution in [0.15, 0.2) is 29.4 Å². The number of sulfone groups is 1. The van der Waals surface area contributed by atoms with Gasteiger partial charge in [0, 0.05) is 12.5 Å². The molecule has 0 radical (unpaired) electrons. The fraction of sp³-hybridized carbons (Fsp3) is 0.100. The molecular formula is C10H8N4O6S. The van der Waals surface area contributed by atoms with E-state index in [1.54, 1.807) is 0 Å². The van der Waals surface area contributed by atoms with Gasteiger partial charge in [0.25, 0.3) is 0 Å². The minimum absolute atomic E-state index is 0.212. The number of carbonyl (C=O) groups is 1. The van der Waals surface area contributed by atoms with Crippen LogP contribution in [0, 0.1) is 10.1 Å². The zero-order chi connectivity index (χ0) is 15.8. The average Bonchev–Trinajstić information content (AvgIpc) is 2.83. The lowest BCUT2D eigenvalue weighted by Gasteiger charge is -2.05. The van der Waals surface area contributed by atoms with Crippen molar-refractivity contribution in [2.75, 3.05) is 6.26 Å². The molecule has 110 valence electrons. The van der Waals surface area contributed by atoms with E-state index in [0.717, 1.165) is 17.1 Å². The summed E-state index contributed by atoms with van der Waals surface area (Å²) in [4.78, 5) is 24.4. The molecule has 0 fully saturated rings. The van der Waals surface area contributed by atoms with Gasteiger partial charge in [-0.15, -0.1) is 0 Å². The van der Waals surface area contributed by atoms with Crippen molar-refractivity contribution < 1.29 is 23.2 Å². The quantitative estimate of drug-likeness (QED) is 0.625. The highest BCUT2D eigenvalue weighted by molar-refractivity contribution is 7.90. The third-order valence-corrected chi connectivity index (χ3v) is 3.58. The standard InChI is InChI=1S/C10H8N4O6S/c1-21(19,20)7-3-2-4-11-9(7)13-5-6(14(17)18)8(12-13)10(15)16/h2-5H,1H3,(H,15,16). The largest absolute Gasteiger partial charge is 0.476 e. The van der Waals surface area contributed by atoms with Gasteiger partial charge in [-0.05, 0) is 12.1 Å². The van der Waals surface area contributed by atoms with Crippen LogP contribution >= 0.6 is 0 Å². The van der Waals surface area contributed by atoms with E-state index in [9.17, 15) is 23.3 Å². The van der Waals surface area contributed by atoms with Crippen LogP contribution in [0.25, 0.3) is 5.82 Å². The van der Waals surface area contributed by atoms with E-state index < -0.39 is 32.1 Å². The lowest BCUT2D eigenvalue weighted by atomic mass is 10.4. The number of rotatable bonds is 4. The highest BCUT2D eigenvalue weighted by Crippen LogP contribution is 2.22. The Bertz CT molecular complexity index is 809. The predicted molar refractivity (Wildman–Crippen MR) is 68.1 cm³/mol. The number of nitrogens with zero attached hydrogens (tertiary/aromatic N) is 4. The molecule has 0 aliphatic carbocycles. The van der Waals surface area contributed by atoms with Gasteiger partial charge >= 0.3 is 11.7 Å². The molecule has 2 heterocycles. The summed E-state index contributed by atoms with van der Waals surface area (Å²) in [7, 11) is -3.67. The molecule has 2 rings (SSSR count). The minimum Gasteiger partial charge on any atom is -0.476 e. The summed E-state index contributed by atoms with van der Waals surface area (Å²) in [5.74, 6) is -1.81. The molecular weight excluding hydrogens is 304 g/mol. The van der Waals surface area contributed by atoms with Crippen molar-refractivity contribution in [3.05, 3.63) is 40.3 Å². The molecule has 0 aromatic carbocycles. The first-order valence-corrected chi connectivity index (χ1v) is 7.23. The number of hydrogen-bond acceptors (Lipinski definition) is 7. The van der Waals surface area contributed by atoms with Crippen LogP contribution in [0.1, 0.15) is 10.5 Å². The first-order chi connectivity index (χ1) is 9.71. The van der Waals surface area contributed by atoms with Crippen molar-refractivity contribution in [1.29, 1.82) is 0 Å². The number of aromatic carboxylic acids is 1. The molecule has 21 heavy (non-hydrogen) atoms. The van der Waals surface area contributed by atoms with E-state index in [1.165, 1.54) is 18.3 Å². The van der Waals surface area contributed by atoms with Gasteiger partial charge < -0.3 is 5.11 Å². The number of aromatic nitrogens is 3. The molecule has 0 saturated heterocycles. The Kier molecular flexibility index (Phi) is 3.43. The Morgan fingerprint density at radius 1 is 1.48 bits per heavy atom. The SMILES string of the molecule is CS(=O)(=O)c1cccnc1-n1cc([N+](=O)[O-])c(C(=O)O)n1. The number of pyridine rings is 1. The fourth-order valence-electron chi connectivity index (χ4n) is 1.60. The Morgan fingerprint density at radius 2 is 2.14 bits per heavy atom. The second-order valence-electron chi connectivity index (χ2n) is 3.97. The summed E-state index contributed by atoms with van der Waals surface area (Å²) < 4.78 is 24.1. The Labute approximate surface area is 117 Å². The van der Waals surface area contributed by atoms with Crippen molar-refractivity contribution in [2.24, 2.45) is 0 Å². The molecule has 0 aliphatic rings. The van der Waals surface area contributed by atoms with Crippen LogP contribution in [-0.4, -0.2) is 45.4 Å². The van der Waals surface area contributed by atoms with Gasteiger partial charge in [-0.3, -0.25) is 10.1 Å². The van der Waals surface area contributed by atoms with Gasteiger partial charge in [-0.25, -0.2) is 22.9 Å². The van der Waals surface area contributed by atoms with E-state index in [0.29, 0.717) is 0 Å². The van der Waals surface area contributed by atoms with E-state index in [-0.39, 0.29) is 10.7 Å². The predicted octanol–water partition coefficient (Wildman–Crippen LogP) is 0.277. The molecule has 1 N–H and O–H groups in total. The van der Waals surface area contributed by atoms with Crippen LogP contribution in [0.5, 0.6) is 0 Å². The molecule has 11 heteroatoms. The molecule has 0 unspecified atom stereocenters. The second kappa shape index (κ2) is 4.94. The topological polar surface area (TPSA) is 145 Å². The molecule has 0 bridgehead atoms. The summed E-state index contributed by atoms with van der Waals surface area (Å²) in [6.45, 7) is 0. The molecule has 0 saturated carbocycles. The third kappa shape index (κ3) is 2.72. The Hall–Kier alpha value is -2.82. The zero-order valence-corrected chi connectivity index (χ0v) is 11.3. The summed E-state index contributed by atoms with van der Waals surface area (Å²) in [6.07, 6.45) is 3.00. The maximum atomic E-state index is 11.7. The molecule has 0 spiro atoms. The third-order valence-electron chi connectivity index (χ3n) is 2.46. The van der Waals surface area contributed by atoms with Gasteiger partial charge in [-0.2, -0.15) is 5.10 Å². The summed E-state index contributed by atoms with van der Waals surface area (Å²) in [5, 5.41) is 23.2. The van der Waals surface area contributed by atoms with Gasteiger partial charge in [-0.1, -0.05) is 0 Å². The number of carboxylic acid groups (broad SMARTS) is 1. The first kappa shape index (κ1) is 14.6. The Morgan fingerprint density at radius 3 is 2.62 bits per heavy atom. The summed E-state index contributed by atoms with van der Waals surface area (Å²) in [5.41, 5.74) is -1.56. The van der Waals surface area contributed by atoms with Gasteiger partial charge in [0.1, 0.15) is 11.1 Å². The molecule has 10 nitrogen and oxygen atoms in total. The zero-order valence-electron chi connectivity index (χ0n) is 10.5. The maximum Gasteiger partial charge on any atom is 0.363 e. The lowest BCUT2D eigenvalue weighted by Crippen LogP contribution is -2.08. The van der Waals surface area contributed by atoms with E-state index >= 15 is 0 Å².